The molecule has 20 heavy (non-hydrogen) atoms. The molecule has 0 bridgehead atoms. The van der Waals surface area contributed by atoms with Crippen LogP contribution in [0.3, 0.4) is 0 Å². The Morgan fingerprint density at radius 1 is 1.50 bits per heavy atom. The van der Waals surface area contributed by atoms with E-state index in [4.69, 9.17) is 11.8 Å². The van der Waals surface area contributed by atoms with Gasteiger partial charge in [-0.3, -0.25) is 10.3 Å². The molecule has 1 fully saturated rings. The highest BCUT2D eigenvalue weighted by Crippen LogP contribution is 2.17. The molecule has 1 aliphatic rings. The Morgan fingerprint density at radius 2 is 2.25 bits per heavy atom. The highest BCUT2D eigenvalue weighted by Gasteiger charge is 2.26. The van der Waals surface area contributed by atoms with Crippen LogP contribution in [0.4, 0.5) is 4.39 Å². The third-order valence-corrected chi connectivity index (χ3v) is 3.84. The van der Waals surface area contributed by atoms with Crippen LogP contribution in [0.1, 0.15) is 25.0 Å². The Kier molecular flexibility index (Phi) is 4.41. The molecule has 1 heterocycles. The molecule has 0 aromatic heterocycles. The van der Waals surface area contributed by atoms with Gasteiger partial charge in [0, 0.05) is 31.2 Å². The van der Waals surface area contributed by atoms with Gasteiger partial charge in [-0.05, 0) is 31.7 Å². The van der Waals surface area contributed by atoms with Crippen molar-refractivity contribution < 1.29 is 4.39 Å². The summed E-state index contributed by atoms with van der Waals surface area (Å²) >= 11 is 0. The van der Waals surface area contributed by atoms with Crippen LogP contribution in [-0.2, 0) is 0 Å². The number of nitrogens with one attached hydrogen (secondary N) is 1. The minimum atomic E-state index is -0.421. The number of piperazine rings is 1. The summed E-state index contributed by atoms with van der Waals surface area (Å²) < 4.78 is 14.0. The van der Waals surface area contributed by atoms with Crippen LogP contribution >= 0.6 is 0 Å². The van der Waals surface area contributed by atoms with E-state index in [1.807, 2.05) is 4.90 Å². The summed E-state index contributed by atoms with van der Waals surface area (Å²) in [5, 5.41) is 8.26. The molecule has 1 aromatic carbocycles. The molecule has 1 saturated heterocycles. The molecule has 1 N–H and O–H groups in total. The molecule has 0 unspecified atom stereocenters. The fourth-order valence-electron chi connectivity index (χ4n) is 2.60. The molecule has 106 valence electrons. The topological polar surface area (TPSA) is 30.3 Å². The van der Waals surface area contributed by atoms with Crippen molar-refractivity contribution in [2.45, 2.75) is 19.9 Å². The van der Waals surface area contributed by atoms with Gasteiger partial charge in [0.25, 0.3) is 0 Å². The zero-order chi connectivity index (χ0) is 14.7. The lowest BCUT2D eigenvalue weighted by molar-refractivity contribution is 0.141. The van der Waals surface area contributed by atoms with Gasteiger partial charge in [0.2, 0.25) is 0 Å². The first-order valence-electron chi connectivity index (χ1n) is 6.91. The first-order valence-corrected chi connectivity index (χ1v) is 6.91. The molecule has 1 atom stereocenters. The summed E-state index contributed by atoms with van der Waals surface area (Å²) in [5.74, 6) is 2.23. The molecule has 0 radical (unpaired) electrons. The zero-order valence-electron chi connectivity index (χ0n) is 12.0. The van der Waals surface area contributed by atoms with E-state index in [0.717, 1.165) is 26.2 Å². The largest absolute Gasteiger partial charge is 0.351 e. The molecule has 0 saturated carbocycles. The van der Waals surface area contributed by atoms with Crippen molar-refractivity contribution in [3.63, 3.8) is 0 Å². The van der Waals surface area contributed by atoms with Gasteiger partial charge >= 0.3 is 0 Å². The lowest BCUT2D eigenvalue weighted by Gasteiger charge is -2.41. The molecule has 3 nitrogen and oxygen atoms in total. The number of benzene rings is 1. The lowest BCUT2D eigenvalue weighted by Crippen LogP contribution is -2.53. The second-order valence-corrected chi connectivity index (χ2v) is 5.12. The van der Waals surface area contributed by atoms with Crippen molar-refractivity contribution in [2.75, 3.05) is 26.2 Å². The molecule has 0 spiro atoms. The molecule has 0 aliphatic carbocycles. The van der Waals surface area contributed by atoms with Crippen LogP contribution in [0.2, 0.25) is 0 Å². The van der Waals surface area contributed by atoms with Gasteiger partial charge < -0.3 is 4.90 Å². The van der Waals surface area contributed by atoms with Crippen molar-refractivity contribution in [3.8, 4) is 12.3 Å². The van der Waals surface area contributed by atoms with Crippen LogP contribution in [0.15, 0.2) is 18.2 Å². The van der Waals surface area contributed by atoms with Crippen molar-refractivity contribution in [2.24, 2.45) is 0 Å². The van der Waals surface area contributed by atoms with Crippen LogP contribution in [0.5, 0.6) is 0 Å². The summed E-state index contributed by atoms with van der Waals surface area (Å²) in [5.41, 5.74) is 0.823. The van der Waals surface area contributed by atoms with E-state index < -0.39 is 5.82 Å². The van der Waals surface area contributed by atoms with Gasteiger partial charge in [0.15, 0.2) is 0 Å². The number of nitrogens with zero attached hydrogens (tertiary/aromatic N) is 2. The Labute approximate surface area is 119 Å². The van der Waals surface area contributed by atoms with E-state index in [2.05, 4.69) is 24.7 Å². The van der Waals surface area contributed by atoms with Crippen LogP contribution in [0.25, 0.3) is 0 Å². The predicted octanol–water partition coefficient (Wildman–Crippen LogP) is 2.16. The van der Waals surface area contributed by atoms with Crippen molar-refractivity contribution >= 4 is 5.84 Å². The minimum Gasteiger partial charge on any atom is -0.351 e. The summed E-state index contributed by atoms with van der Waals surface area (Å²) in [7, 11) is 0. The van der Waals surface area contributed by atoms with Gasteiger partial charge in [0.05, 0.1) is 5.56 Å². The Bertz CT molecular complexity index is 547. The standard InChI is InChI=1S/C16H20FN3/c1-4-13-6-7-14(15(17)10-13)16(18)20-9-8-19(5-2)11-12(20)3/h1,6-7,10,12,18H,5,8-9,11H2,2-3H3/t12-/m0/s1. The van der Waals surface area contributed by atoms with Gasteiger partial charge in [0.1, 0.15) is 11.7 Å². The van der Waals surface area contributed by atoms with Gasteiger partial charge in [-0.15, -0.1) is 6.42 Å². The van der Waals surface area contributed by atoms with Crippen molar-refractivity contribution in [1.29, 1.82) is 5.41 Å². The molecule has 2 rings (SSSR count). The predicted molar refractivity (Wildman–Crippen MR) is 79.4 cm³/mol. The molecular formula is C16H20FN3. The highest BCUT2D eigenvalue weighted by molar-refractivity contribution is 5.97. The van der Waals surface area contributed by atoms with E-state index >= 15 is 0 Å². The number of rotatable bonds is 2. The van der Waals surface area contributed by atoms with Crippen LogP contribution in [-0.4, -0.2) is 47.9 Å². The summed E-state index contributed by atoms with van der Waals surface area (Å²) in [4.78, 5) is 4.30. The molecule has 1 aliphatic heterocycles. The maximum Gasteiger partial charge on any atom is 0.135 e. The quantitative estimate of drug-likeness (QED) is 0.508. The number of hydrogen-bond donors (Lipinski definition) is 1. The SMILES string of the molecule is C#Cc1ccc(C(=N)N2CCN(CC)C[C@@H]2C)c(F)c1. The Morgan fingerprint density at radius 3 is 2.80 bits per heavy atom. The zero-order valence-corrected chi connectivity index (χ0v) is 12.0. The summed E-state index contributed by atoms with van der Waals surface area (Å²) in [6.45, 7) is 7.78. The van der Waals surface area contributed by atoms with Crippen LogP contribution in [0, 0.1) is 23.6 Å². The van der Waals surface area contributed by atoms with E-state index in [1.165, 1.54) is 6.07 Å². The van der Waals surface area contributed by atoms with E-state index in [-0.39, 0.29) is 11.9 Å². The fraction of sp³-hybridized carbons (Fsp3) is 0.438. The van der Waals surface area contributed by atoms with E-state index in [9.17, 15) is 4.39 Å². The number of amidine groups is 1. The summed E-state index contributed by atoms with van der Waals surface area (Å²) in [6, 6.07) is 4.81. The maximum absolute atomic E-state index is 14.0. The lowest BCUT2D eigenvalue weighted by atomic mass is 10.1. The molecule has 0 amide bonds. The normalized spacial score (nSPS) is 19.7. The average Bonchev–Trinajstić information content (AvgIpc) is 2.46. The fourth-order valence-corrected chi connectivity index (χ4v) is 2.60. The van der Waals surface area contributed by atoms with Crippen molar-refractivity contribution in [3.05, 3.63) is 35.1 Å². The third-order valence-electron chi connectivity index (χ3n) is 3.84. The minimum absolute atomic E-state index is 0.211. The van der Waals surface area contributed by atoms with Crippen LogP contribution < -0.4 is 0 Å². The van der Waals surface area contributed by atoms with E-state index in [0.29, 0.717) is 11.1 Å². The third kappa shape index (κ3) is 2.83. The van der Waals surface area contributed by atoms with Gasteiger partial charge in [-0.1, -0.05) is 12.8 Å². The average molecular weight is 273 g/mol. The first kappa shape index (κ1) is 14.5. The number of hydrogen-bond acceptors (Lipinski definition) is 2. The first-order chi connectivity index (χ1) is 9.56. The van der Waals surface area contributed by atoms with E-state index in [1.54, 1.807) is 12.1 Å². The number of likely N-dealkylation sites (N-methyl/N-ethyl adjacent to an activating group) is 1. The number of terminal acetylenes is 1. The van der Waals surface area contributed by atoms with Gasteiger partial charge in [-0.25, -0.2) is 4.39 Å². The maximum atomic E-state index is 14.0. The smallest absolute Gasteiger partial charge is 0.135 e. The second kappa shape index (κ2) is 6.06. The molecule has 1 aromatic rings. The molecule has 4 heteroatoms. The van der Waals surface area contributed by atoms with Crippen molar-refractivity contribution in [1.82, 2.24) is 9.80 Å². The Hall–Kier alpha value is -1.86. The monoisotopic (exact) mass is 273 g/mol. The number of halogens is 1. The Balaban J connectivity index is 2.18. The summed E-state index contributed by atoms with van der Waals surface area (Å²) in [6.07, 6.45) is 5.25. The second-order valence-electron chi connectivity index (χ2n) is 5.12. The highest BCUT2D eigenvalue weighted by atomic mass is 19.1. The van der Waals surface area contributed by atoms with Gasteiger partial charge in [-0.2, -0.15) is 0 Å². The molecular weight excluding hydrogens is 253 g/mol.